The molecule has 120 valence electrons. The van der Waals surface area contributed by atoms with E-state index in [0.29, 0.717) is 12.1 Å². The molecule has 4 heteroatoms. The van der Waals surface area contributed by atoms with E-state index >= 15 is 0 Å². The summed E-state index contributed by atoms with van der Waals surface area (Å²) < 4.78 is 2.06. The molecule has 1 atom stereocenters. The summed E-state index contributed by atoms with van der Waals surface area (Å²) >= 11 is 0. The number of nitrogens with zero attached hydrogens (tertiary/aromatic N) is 3. The van der Waals surface area contributed by atoms with Crippen LogP contribution in [-0.2, 0) is 6.54 Å². The van der Waals surface area contributed by atoms with Crippen molar-refractivity contribution in [2.45, 2.75) is 78.0 Å². The lowest BCUT2D eigenvalue weighted by molar-refractivity contribution is 0.0226. The number of rotatable bonds is 6. The summed E-state index contributed by atoms with van der Waals surface area (Å²) in [6.45, 7) is 14.5. The quantitative estimate of drug-likeness (QED) is 0.874. The highest BCUT2D eigenvalue weighted by Gasteiger charge is 2.38. The highest BCUT2D eigenvalue weighted by molar-refractivity contribution is 5.04. The van der Waals surface area contributed by atoms with E-state index in [1.54, 1.807) is 0 Å². The molecule has 1 aliphatic heterocycles. The van der Waals surface area contributed by atoms with Gasteiger partial charge in [0, 0.05) is 43.5 Å². The van der Waals surface area contributed by atoms with E-state index in [4.69, 9.17) is 5.10 Å². The molecule has 1 fully saturated rings. The molecule has 1 aromatic heterocycles. The second-order valence-electron chi connectivity index (χ2n) is 6.68. The average molecular weight is 292 g/mol. The Bertz CT molecular complexity index is 434. The summed E-state index contributed by atoms with van der Waals surface area (Å²) in [7, 11) is 0. The number of nitrogens with one attached hydrogen (secondary N) is 1. The number of piperazine rings is 1. The van der Waals surface area contributed by atoms with Gasteiger partial charge in [0.25, 0.3) is 0 Å². The van der Waals surface area contributed by atoms with Crippen LogP contribution in [0.1, 0.15) is 65.6 Å². The lowest BCUT2D eigenvalue weighted by Crippen LogP contribution is -2.63. The minimum atomic E-state index is 0.285. The molecular weight excluding hydrogens is 260 g/mol. The fourth-order valence-electron chi connectivity index (χ4n) is 3.37. The third-order valence-electron chi connectivity index (χ3n) is 5.19. The largest absolute Gasteiger partial charge is 0.311 e. The second-order valence-corrected chi connectivity index (χ2v) is 6.68. The van der Waals surface area contributed by atoms with Crippen LogP contribution in [0.2, 0.25) is 0 Å². The Morgan fingerprint density at radius 1 is 1.33 bits per heavy atom. The Labute approximate surface area is 129 Å². The van der Waals surface area contributed by atoms with E-state index in [0.717, 1.165) is 19.6 Å². The van der Waals surface area contributed by atoms with Gasteiger partial charge < -0.3 is 5.32 Å². The molecule has 0 aliphatic carbocycles. The maximum absolute atomic E-state index is 4.74. The van der Waals surface area contributed by atoms with Gasteiger partial charge in [0.05, 0.1) is 5.69 Å². The van der Waals surface area contributed by atoms with Crippen molar-refractivity contribution in [1.29, 1.82) is 0 Å². The van der Waals surface area contributed by atoms with Gasteiger partial charge in [0.1, 0.15) is 0 Å². The first kappa shape index (κ1) is 16.5. The molecule has 4 nitrogen and oxygen atoms in total. The van der Waals surface area contributed by atoms with E-state index < -0.39 is 0 Å². The third kappa shape index (κ3) is 3.49. The molecule has 0 aromatic carbocycles. The van der Waals surface area contributed by atoms with Crippen LogP contribution >= 0.6 is 0 Å². The van der Waals surface area contributed by atoms with E-state index in [9.17, 15) is 0 Å². The highest BCUT2D eigenvalue weighted by Crippen LogP contribution is 2.29. The SMILES string of the molecule is CCC1CN(Cc2ccn(C(C)C)n2)C(CC)(CC)CN1. The second kappa shape index (κ2) is 6.93. The predicted molar refractivity (Wildman–Crippen MR) is 88.4 cm³/mol. The van der Waals surface area contributed by atoms with Gasteiger partial charge >= 0.3 is 0 Å². The van der Waals surface area contributed by atoms with Gasteiger partial charge in [-0.05, 0) is 39.2 Å². The molecule has 1 aromatic rings. The summed E-state index contributed by atoms with van der Waals surface area (Å²) in [5.74, 6) is 0. The number of aromatic nitrogens is 2. The Morgan fingerprint density at radius 3 is 2.57 bits per heavy atom. The van der Waals surface area contributed by atoms with Gasteiger partial charge in [-0.2, -0.15) is 5.10 Å². The Morgan fingerprint density at radius 2 is 2.05 bits per heavy atom. The first-order valence-corrected chi connectivity index (χ1v) is 8.57. The zero-order valence-electron chi connectivity index (χ0n) is 14.4. The monoisotopic (exact) mass is 292 g/mol. The van der Waals surface area contributed by atoms with Crippen LogP contribution in [0.4, 0.5) is 0 Å². The average Bonchev–Trinajstić information content (AvgIpc) is 2.96. The molecule has 0 radical (unpaired) electrons. The lowest BCUT2D eigenvalue weighted by Gasteiger charge is -2.49. The van der Waals surface area contributed by atoms with Crippen molar-refractivity contribution in [2.24, 2.45) is 0 Å². The predicted octanol–water partition coefficient (Wildman–Crippen LogP) is 3.21. The molecule has 21 heavy (non-hydrogen) atoms. The first-order valence-electron chi connectivity index (χ1n) is 8.57. The molecule has 1 aliphatic rings. The summed E-state index contributed by atoms with van der Waals surface area (Å²) in [5.41, 5.74) is 1.49. The molecule has 0 bridgehead atoms. The lowest BCUT2D eigenvalue weighted by atomic mass is 9.86. The van der Waals surface area contributed by atoms with Gasteiger partial charge in [0.15, 0.2) is 0 Å². The molecule has 0 amide bonds. The third-order valence-corrected chi connectivity index (χ3v) is 5.19. The summed E-state index contributed by atoms with van der Waals surface area (Å²) in [6.07, 6.45) is 5.69. The molecule has 2 heterocycles. The molecule has 1 N–H and O–H groups in total. The molecule has 0 saturated carbocycles. The zero-order valence-corrected chi connectivity index (χ0v) is 14.4. The van der Waals surface area contributed by atoms with Gasteiger partial charge in [-0.15, -0.1) is 0 Å². The van der Waals surface area contributed by atoms with Crippen LogP contribution in [-0.4, -0.2) is 39.4 Å². The zero-order chi connectivity index (χ0) is 15.5. The summed E-state index contributed by atoms with van der Waals surface area (Å²) in [4.78, 5) is 2.67. The molecular formula is C17H32N4. The topological polar surface area (TPSA) is 33.1 Å². The van der Waals surface area contributed by atoms with Crippen molar-refractivity contribution in [3.05, 3.63) is 18.0 Å². The first-order chi connectivity index (χ1) is 10.0. The van der Waals surface area contributed by atoms with Crippen LogP contribution in [0.25, 0.3) is 0 Å². The van der Waals surface area contributed by atoms with Crippen molar-refractivity contribution < 1.29 is 0 Å². The van der Waals surface area contributed by atoms with Crippen molar-refractivity contribution >= 4 is 0 Å². The van der Waals surface area contributed by atoms with E-state index in [1.165, 1.54) is 25.0 Å². The Kier molecular flexibility index (Phi) is 5.44. The molecule has 1 unspecified atom stereocenters. The van der Waals surface area contributed by atoms with Gasteiger partial charge in [-0.25, -0.2) is 0 Å². The Hall–Kier alpha value is -0.870. The maximum Gasteiger partial charge on any atom is 0.0765 e. The van der Waals surface area contributed by atoms with Crippen LogP contribution in [0.3, 0.4) is 0 Å². The standard InChI is InChI=1S/C17H32N4/c1-6-15-11-20(17(7-2,8-3)13-18-15)12-16-9-10-21(19-16)14(4)5/h9-10,14-15,18H,6-8,11-13H2,1-5H3. The smallest absolute Gasteiger partial charge is 0.0765 e. The van der Waals surface area contributed by atoms with Crippen molar-refractivity contribution in [1.82, 2.24) is 20.0 Å². The highest BCUT2D eigenvalue weighted by atomic mass is 15.3. The molecule has 2 rings (SSSR count). The van der Waals surface area contributed by atoms with Gasteiger partial charge in [0.2, 0.25) is 0 Å². The van der Waals surface area contributed by atoms with E-state index in [2.05, 4.69) is 61.8 Å². The van der Waals surface area contributed by atoms with Crippen molar-refractivity contribution in [3.63, 3.8) is 0 Å². The summed E-state index contributed by atoms with van der Waals surface area (Å²) in [5, 5.41) is 8.48. The van der Waals surface area contributed by atoms with Crippen molar-refractivity contribution in [3.8, 4) is 0 Å². The summed E-state index contributed by atoms with van der Waals surface area (Å²) in [6, 6.07) is 3.23. The maximum atomic E-state index is 4.74. The van der Waals surface area contributed by atoms with Crippen LogP contribution in [0.15, 0.2) is 12.3 Å². The minimum absolute atomic E-state index is 0.285. The number of hydrogen-bond donors (Lipinski definition) is 1. The van der Waals surface area contributed by atoms with Crippen LogP contribution in [0, 0.1) is 0 Å². The van der Waals surface area contributed by atoms with Crippen LogP contribution < -0.4 is 5.32 Å². The molecule has 0 spiro atoms. The van der Waals surface area contributed by atoms with Gasteiger partial charge in [-0.1, -0.05) is 20.8 Å². The van der Waals surface area contributed by atoms with E-state index in [1.807, 2.05) is 0 Å². The fourth-order valence-corrected chi connectivity index (χ4v) is 3.37. The normalized spacial score (nSPS) is 22.9. The number of hydrogen-bond acceptors (Lipinski definition) is 3. The fraction of sp³-hybridized carbons (Fsp3) is 0.824. The Balaban J connectivity index is 2.15. The minimum Gasteiger partial charge on any atom is -0.311 e. The molecule has 1 saturated heterocycles. The van der Waals surface area contributed by atoms with E-state index in [-0.39, 0.29) is 5.54 Å². The van der Waals surface area contributed by atoms with Crippen LogP contribution in [0.5, 0.6) is 0 Å². The van der Waals surface area contributed by atoms with Crippen molar-refractivity contribution in [2.75, 3.05) is 13.1 Å². The van der Waals surface area contributed by atoms with Gasteiger partial charge in [-0.3, -0.25) is 9.58 Å².